The van der Waals surface area contributed by atoms with Gasteiger partial charge in [-0.15, -0.1) is 0 Å². The van der Waals surface area contributed by atoms with Gasteiger partial charge in [0.25, 0.3) is 5.91 Å². The Balaban J connectivity index is 2.88. The lowest BCUT2D eigenvalue weighted by Gasteiger charge is -2.14. The van der Waals surface area contributed by atoms with Crippen molar-refractivity contribution in [2.24, 2.45) is 0 Å². The van der Waals surface area contributed by atoms with Crippen molar-refractivity contribution in [1.82, 2.24) is 0 Å². The lowest BCUT2D eigenvalue weighted by molar-refractivity contribution is -0.153. The van der Waals surface area contributed by atoms with Gasteiger partial charge in [-0.1, -0.05) is 0 Å². The van der Waals surface area contributed by atoms with E-state index < -0.39 is 36.4 Å². The molecule has 0 heterocycles. The van der Waals surface area contributed by atoms with E-state index in [-0.39, 0.29) is 5.69 Å². The molecule has 0 radical (unpaired) electrons. The summed E-state index contributed by atoms with van der Waals surface area (Å²) in [7, 11) is 0. The van der Waals surface area contributed by atoms with Crippen LogP contribution >= 0.6 is 0 Å². The van der Waals surface area contributed by atoms with Crippen molar-refractivity contribution in [2.45, 2.75) is 19.2 Å². The maximum atomic E-state index is 12.9. The highest BCUT2D eigenvalue weighted by atomic mass is 19.4. The maximum absolute atomic E-state index is 12.9. The molecule has 2 N–H and O–H groups in total. The predicted octanol–water partition coefficient (Wildman–Crippen LogP) is 2.09. The molecule has 4 nitrogen and oxygen atoms in total. The Morgan fingerprint density at radius 1 is 1.47 bits per heavy atom. The summed E-state index contributed by atoms with van der Waals surface area (Å²) < 4.78 is 53.4. The van der Waals surface area contributed by atoms with Gasteiger partial charge in [-0.2, -0.15) is 13.2 Å². The van der Waals surface area contributed by atoms with Crippen LogP contribution in [0.1, 0.15) is 6.92 Å². The second-order valence-corrected chi connectivity index (χ2v) is 3.71. The monoisotopic (exact) mass is 281 g/mol. The van der Waals surface area contributed by atoms with Gasteiger partial charge in [0.05, 0.1) is 5.69 Å². The first-order valence-corrected chi connectivity index (χ1v) is 5.17. The van der Waals surface area contributed by atoms with Gasteiger partial charge >= 0.3 is 6.18 Å². The van der Waals surface area contributed by atoms with Crippen LogP contribution in [-0.4, -0.2) is 29.9 Å². The van der Waals surface area contributed by atoms with Gasteiger partial charge in [-0.25, -0.2) is 4.39 Å². The summed E-state index contributed by atoms with van der Waals surface area (Å²) in [5.74, 6) is -2.12. The third-order valence-electron chi connectivity index (χ3n) is 1.97. The van der Waals surface area contributed by atoms with Gasteiger partial charge in [0.2, 0.25) is 0 Å². The Morgan fingerprint density at radius 2 is 2.11 bits per heavy atom. The number of aliphatic hydroxyl groups excluding tert-OH is 1. The summed E-state index contributed by atoms with van der Waals surface area (Å²) in [4.78, 5) is 11.2. The molecule has 1 rings (SSSR count). The van der Waals surface area contributed by atoms with Crippen LogP contribution in [0.15, 0.2) is 18.2 Å². The van der Waals surface area contributed by atoms with Crippen LogP contribution in [-0.2, 0) is 4.79 Å². The lowest BCUT2D eigenvalue weighted by Crippen LogP contribution is -2.25. The lowest BCUT2D eigenvalue weighted by atomic mass is 10.2. The van der Waals surface area contributed by atoms with E-state index in [2.05, 4.69) is 10.1 Å². The van der Waals surface area contributed by atoms with Crippen molar-refractivity contribution in [3.63, 3.8) is 0 Å². The number of anilines is 1. The fraction of sp³-hybridized carbons (Fsp3) is 0.364. The minimum Gasteiger partial charge on any atom is -0.482 e. The summed E-state index contributed by atoms with van der Waals surface area (Å²) in [6.45, 7) is -0.441. The zero-order valence-electron chi connectivity index (χ0n) is 9.79. The fourth-order valence-electron chi connectivity index (χ4n) is 1.12. The first-order chi connectivity index (χ1) is 8.69. The number of rotatable bonds is 4. The molecule has 0 aromatic heterocycles. The number of alkyl halides is 3. The predicted molar refractivity (Wildman–Crippen MR) is 58.3 cm³/mol. The Hall–Kier alpha value is -1.83. The van der Waals surface area contributed by atoms with Crippen molar-refractivity contribution in [3.05, 3.63) is 24.0 Å². The first-order valence-electron chi connectivity index (χ1n) is 5.17. The normalized spacial score (nSPS) is 12.9. The van der Waals surface area contributed by atoms with Gasteiger partial charge in [-0.3, -0.25) is 4.79 Å². The molecular formula is C11H11F4NO3. The number of ether oxygens (including phenoxy) is 1. The smallest absolute Gasteiger partial charge is 0.422 e. The average molecular weight is 281 g/mol. The Kier molecular flexibility index (Phi) is 4.71. The average Bonchev–Trinajstić information content (AvgIpc) is 2.28. The molecule has 8 heteroatoms. The number of aliphatic hydroxyl groups is 1. The Morgan fingerprint density at radius 3 is 2.63 bits per heavy atom. The highest BCUT2D eigenvalue weighted by molar-refractivity contribution is 5.94. The molecule has 0 aliphatic rings. The molecule has 1 aromatic carbocycles. The highest BCUT2D eigenvalue weighted by Gasteiger charge is 2.29. The zero-order chi connectivity index (χ0) is 14.6. The number of carbonyl (C=O) groups is 1. The summed E-state index contributed by atoms with van der Waals surface area (Å²) in [5, 5.41) is 11.1. The molecule has 0 spiro atoms. The van der Waals surface area contributed by atoms with E-state index >= 15 is 0 Å². The molecule has 19 heavy (non-hydrogen) atoms. The molecule has 1 atom stereocenters. The molecule has 106 valence electrons. The van der Waals surface area contributed by atoms with Crippen molar-refractivity contribution >= 4 is 11.6 Å². The summed E-state index contributed by atoms with van der Waals surface area (Å²) in [5.41, 5.74) is -0.156. The molecule has 0 aliphatic carbocycles. The van der Waals surface area contributed by atoms with Crippen molar-refractivity contribution in [1.29, 1.82) is 0 Å². The molecule has 0 saturated carbocycles. The molecular weight excluding hydrogens is 270 g/mol. The highest BCUT2D eigenvalue weighted by Crippen LogP contribution is 2.27. The minimum absolute atomic E-state index is 0.156. The second kappa shape index (κ2) is 5.87. The van der Waals surface area contributed by atoms with E-state index in [0.717, 1.165) is 12.1 Å². The molecule has 1 aromatic rings. The van der Waals surface area contributed by atoms with E-state index in [1.165, 1.54) is 6.92 Å². The van der Waals surface area contributed by atoms with E-state index in [9.17, 15) is 22.4 Å². The standard InChI is InChI=1S/C11H11F4NO3/c1-6(17)10(18)16-8-3-2-7(12)4-9(8)19-5-11(13,14)15/h2-4,6,17H,5H2,1H3,(H,16,18). The van der Waals surface area contributed by atoms with E-state index in [0.29, 0.717) is 6.07 Å². The third-order valence-corrected chi connectivity index (χ3v) is 1.97. The van der Waals surface area contributed by atoms with Crippen LogP contribution in [0.3, 0.4) is 0 Å². The maximum Gasteiger partial charge on any atom is 0.422 e. The largest absolute Gasteiger partial charge is 0.482 e. The molecule has 0 bridgehead atoms. The van der Waals surface area contributed by atoms with Gasteiger partial charge in [-0.05, 0) is 19.1 Å². The SMILES string of the molecule is CC(O)C(=O)Nc1ccc(F)cc1OCC(F)(F)F. The quantitative estimate of drug-likeness (QED) is 0.831. The van der Waals surface area contributed by atoms with E-state index in [4.69, 9.17) is 5.11 Å². The van der Waals surface area contributed by atoms with Crippen molar-refractivity contribution in [2.75, 3.05) is 11.9 Å². The van der Waals surface area contributed by atoms with Gasteiger partial charge in [0, 0.05) is 6.07 Å². The van der Waals surface area contributed by atoms with Crippen LogP contribution in [0.5, 0.6) is 5.75 Å². The molecule has 1 unspecified atom stereocenters. The van der Waals surface area contributed by atoms with Crippen LogP contribution in [0, 0.1) is 5.82 Å². The number of hydrogen-bond donors (Lipinski definition) is 2. The summed E-state index contributed by atoms with van der Waals surface area (Å²) in [6.07, 6.45) is -5.95. The fourth-order valence-corrected chi connectivity index (χ4v) is 1.12. The second-order valence-electron chi connectivity index (χ2n) is 3.71. The zero-order valence-corrected chi connectivity index (χ0v) is 9.79. The Labute approximate surface area is 106 Å². The number of hydrogen-bond acceptors (Lipinski definition) is 3. The third kappa shape index (κ3) is 5.12. The van der Waals surface area contributed by atoms with Crippen LogP contribution in [0.2, 0.25) is 0 Å². The van der Waals surface area contributed by atoms with Gasteiger partial charge < -0.3 is 15.2 Å². The van der Waals surface area contributed by atoms with Gasteiger partial charge in [0.15, 0.2) is 6.61 Å². The number of benzene rings is 1. The number of amides is 1. The van der Waals surface area contributed by atoms with Crippen LogP contribution in [0.4, 0.5) is 23.2 Å². The summed E-state index contributed by atoms with van der Waals surface area (Å²) >= 11 is 0. The number of nitrogens with one attached hydrogen (secondary N) is 1. The van der Waals surface area contributed by atoms with Crippen molar-refractivity contribution in [3.8, 4) is 5.75 Å². The van der Waals surface area contributed by atoms with Crippen LogP contribution < -0.4 is 10.1 Å². The van der Waals surface area contributed by atoms with Crippen molar-refractivity contribution < 1.29 is 32.2 Å². The first kappa shape index (κ1) is 15.2. The van der Waals surface area contributed by atoms with Gasteiger partial charge in [0.1, 0.15) is 17.7 Å². The molecule has 1 amide bonds. The minimum atomic E-state index is -4.59. The van der Waals surface area contributed by atoms with E-state index in [1.54, 1.807) is 0 Å². The molecule has 0 aliphatic heterocycles. The van der Waals surface area contributed by atoms with E-state index in [1.807, 2.05) is 0 Å². The Bertz CT molecular complexity index is 460. The molecule has 0 fully saturated rings. The number of carbonyl (C=O) groups excluding carboxylic acids is 1. The topological polar surface area (TPSA) is 58.6 Å². The summed E-state index contributed by atoms with van der Waals surface area (Å²) in [6, 6.07) is 2.70. The number of halogens is 4. The van der Waals surface area contributed by atoms with Crippen LogP contribution in [0.25, 0.3) is 0 Å². The molecule has 0 saturated heterocycles.